The van der Waals surface area contributed by atoms with E-state index in [1.54, 1.807) is 4.90 Å². The zero-order chi connectivity index (χ0) is 7.40. The molecule has 0 aromatic carbocycles. The van der Waals surface area contributed by atoms with Crippen LogP contribution in [0.15, 0.2) is 0 Å². The highest BCUT2D eigenvalue weighted by atomic mass is 16.2. The van der Waals surface area contributed by atoms with Crippen molar-refractivity contribution in [1.29, 1.82) is 0 Å². The maximum atomic E-state index is 10.7. The fourth-order valence-corrected chi connectivity index (χ4v) is 1.29. The smallest absolute Gasteiger partial charge is 0.314 e. The molecule has 3 nitrogen and oxygen atoms in total. The van der Waals surface area contributed by atoms with Crippen LogP contribution in [-0.2, 0) is 0 Å². The molecule has 0 spiro atoms. The van der Waals surface area contributed by atoms with E-state index in [0.29, 0.717) is 0 Å². The molecule has 58 valence electrons. The van der Waals surface area contributed by atoms with Crippen LogP contribution in [0.3, 0.4) is 0 Å². The van der Waals surface area contributed by atoms with E-state index in [9.17, 15) is 4.79 Å². The van der Waals surface area contributed by atoms with Crippen LogP contribution in [-0.4, -0.2) is 24.0 Å². The minimum absolute atomic E-state index is 0.262. The molecule has 1 aliphatic heterocycles. The summed E-state index contributed by atoms with van der Waals surface area (Å²) in [6.07, 6.45) is 4.71. The zero-order valence-electron chi connectivity index (χ0n) is 6.18. The zero-order valence-corrected chi connectivity index (χ0v) is 6.18. The third-order valence-electron chi connectivity index (χ3n) is 1.92. The minimum atomic E-state index is -0.262. The Kier molecular flexibility index (Phi) is 2.54. The molecule has 2 amide bonds. The lowest BCUT2D eigenvalue weighted by Crippen LogP contribution is -2.36. The first-order chi connectivity index (χ1) is 4.80. The lowest BCUT2D eigenvalue weighted by atomic mass is 10.2. The molecule has 1 rings (SSSR count). The number of amides is 2. The number of carbonyl (C=O) groups excluding carboxylic acids is 1. The topological polar surface area (TPSA) is 46.3 Å². The van der Waals surface area contributed by atoms with Crippen LogP contribution in [0.25, 0.3) is 0 Å². The van der Waals surface area contributed by atoms with Crippen LogP contribution >= 0.6 is 0 Å². The van der Waals surface area contributed by atoms with Crippen molar-refractivity contribution in [2.75, 3.05) is 13.1 Å². The molecule has 1 saturated heterocycles. The van der Waals surface area contributed by atoms with E-state index in [1.165, 1.54) is 12.8 Å². The van der Waals surface area contributed by atoms with Crippen molar-refractivity contribution in [3.63, 3.8) is 0 Å². The number of urea groups is 1. The normalized spacial score (nSPS) is 20.2. The van der Waals surface area contributed by atoms with E-state index in [4.69, 9.17) is 5.73 Å². The Morgan fingerprint density at radius 3 is 2.00 bits per heavy atom. The van der Waals surface area contributed by atoms with Crippen molar-refractivity contribution >= 4 is 6.03 Å². The summed E-state index contributed by atoms with van der Waals surface area (Å²) in [6, 6.07) is -0.262. The van der Waals surface area contributed by atoms with Gasteiger partial charge in [-0.2, -0.15) is 0 Å². The average Bonchev–Trinajstić information content (AvgIpc) is 2.12. The number of hydrogen-bond donors (Lipinski definition) is 1. The summed E-state index contributed by atoms with van der Waals surface area (Å²) in [7, 11) is 0. The number of rotatable bonds is 0. The van der Waals surface area contributed by atoms with Crippen LogP contribution in [0.4, 0.5) is 4.79 Å². The largest absolute Gasteiger partial charge is 0.351 e. The van der Waals surface area contributed by atoms with E-state index in [1.807, 2.05) is 0 Å². The second-order valence-electron chi connectivity index (χ2n) is 2.74. The molecule has 0 bridgehead atoms. The van der Waals surface area contributed by atoms with E-state index in [0.717, 1.165) is 25.9 Å². The molecule has 0 aliphatic carbocycles. The van der Waals surface area contributed by atoms with Crippen LogP contribution < -0.4 is 5.73 Å². The third kappa shape index (κ3) is 1.90. The minimum Gasteiger partial charge on any atom is -0.351 e. The molecule has 0 saturated carbocycles. The highest BCUT2D eigenvalue weighted by Gasteiger charge is 2.10. The van der Waals surface area contributed by atoms with Gasteiger partial charge in [-0.15, -0.1) is 0 Å². The Morgan fingerprint density at radius 1 is 1.10 bits per heavy atom. The number of carbonyl (C=O) groups is 1. The summed E-state index contributed by atoms with van der Waals surface area (Å²) < 4.78 is 0. The maximum Gasteiger partial charge on any atom is 0.314 e. The van der Waals surface area contributed by atoms with Gasteiger partial charge in [0.25, 0.3) is 0 Å². The Hall–Kier alpha value is -0.730. The van der Waals surface area contributed by atoms with Gasteiger partial charge in [0.15, 0.2) is 0 Å². The van der Waals surface area contributed by atoms with Gasteiger partial charge in [-0.1, -0.05) is 12.8 Å². The molecular weight excluding hydrogens is 128 g/mol. The van der Waals surface area contributed by atoms with Crippen molar-refractivity contribution in [3.8, 4) is 0 Å². The lowest BCUT2D eigenvalue weighted by molar-refractivity contribution is 0.209. The summed E-state index contributed by atoms with van der Waals surface area (Å²) in [4.78, 5) is 12.4. The van der Waals surface area contributed by atoms with Gasteiger partial charge in [0, 0.05) is 13.1 Å². The Morgan fingerprint density at radius 2 is 1.60 bits per heavy atom. The van der Waals surface area contributed by atoms with Crippen LogP contribution in [0.2, 0.25) is 0 Å². The van der Waals surface area contributed by atoms with Crippen LogP contribution in [0.1, 0.15) is 25.7 Å². The molecule has 1 heterocycles. The third-order valence-corrected chi connectivity index (χ3v) is 1.92. The molecule has 0 radical (unpaired) electrons. The van der Waals surface area contributed by atoms with Gasteiger partial charge in [0.2, 0.25) is 0 Å². The van der Waals surface area contributed by atoms with Crippen molar-refractivity contribution in [3.05, 3.63) is 0 Å². The van der Waals surface area contributed by atoms with Crippen molar-refractivity contribution in [2.24, 2.45) is 5.73 Å². The van der Waals surface area contributed by atoms with E-state index < -0.39 is 0 Å². The Bertz CT molecular complexity index is 117. The highest BCUT2D eigenvalue weighted by molar-refractivity contribution is 5.71. The van der Waals surface area contributed by atoms with Gasteiger partial charge in [-0.05, 0) is 12.8 Å². The number of nitrogens with two attached hydrogens (primary N) is 1. The SMILES string of the molecule is NC(=O)N1CCCCCC1. The van der Waals surface area contributed by atoms with Gasteiger partial charge in [-0.3, -0.25) is 0 Å². The molecular formula is C7H14N2O. The van der Waals surface area contributed by atoms with Gasteiger partial charge >= 0.3 is 6.03 Å². The number of primary amides is 1. The van der Waals surface area contributed by atoms with E-state index in [-0.39, 0.29) is 6.03 Å². The van der Waals surface area contributed by atoms with Gasteiger partial charge in [-0.25, -0.2) is 4.79 Å². The lowest BCUT2D eigenvalue weighted by Gasteiger charge is -2.16. The predicted octanol–water partition coefficient (Wildman–Crippen LogP) is 0.941. The van der Waals surface area contributed by atoms with Gasteiger partial charge in [0.05, 0.1) is 0 Å². The second-order valence-corrected chi connectivity index (χ2v) is 2.74. The molecule has 10 heavy (non-hydrogen) atoms. The fraction of sp³-hybridized carbons (Fsp3) is 0.857. The first kappa shape index (κ1) is 7.38. The second kappa shape index (κ2) is 3.44. The van der Waals surface area contributed by atoms with Gasteiger partial charge < -0.3 is 10.6 Å². The monoisotopic (exact) mass is 142 g/mol. The van der Waals surface area contributed by atoms with Crippen molar-refractivity contribution < 1.29 is 4.79 Å². The summed E-state index contributed by atoms with van der Waals surface area (Å²) >= 11 is 0. The van der Waals surface area contributed by atoms with Gasteiger partial charge in [0.1, 0.15) is 0 Å². The quantitative estimate of drug-likeness (QED) is 0.537. The Labute approximate surface area is 61.2 Å². The average molecular weight is 142 g/mol. The first-order valence-corrected chi connectivity index (χ1v) is 3.85. The predicted molar refractivity (Wildman–Crippen MR) is 39.6 cm³/mol. The fourth-order valence-electron chi connectivity index (χ4n) is 1.29. The van der Waals surface area contributed by atoms with Crippen LogP contribution in [0.5, 0.6) is 0 Å². The molecule has 3 heteroatoms. The molecule has 1 fully saturated rings. The molecule has 0 aromatic heterocycles. The van der Waals surface area contributed by atoms with Crippen molar-refractivity contribution in [2.45, 2.75) is 25.7 Å². The highest BCUT2D eigenvalue weighted by Crippen LogP contribution is 2.08. The van der Waals surface area contributed by atoms with E-state index in [2.05, 4.69) is 0 Å². The molecule has 0 atom stereocenters. The standard InChI is InChI=1S/C7H14N2O/c8-7(10)9-5-3-1-2-4-6-9/h1-6H2,(H2,8,10). The van der Waals surface area contributed by atoms with E-state index >= 15 is 0 Å². The number of nitrogens with zero attached hydrogens (tertiary/aromatic N) is 1. The molecule has 2 N–H and O–H groups in total. The number of hydrogen-bond acceptors (Lipinski definition) is 1. The molecule has 1 aliphatic rings. The number of likely N-dealkylation sites (tertiary alicyclic amines) is 1. The molecule has 0 unspecified atom stereocenters. The summed E-state index contributed by atoms with van der Waals surface area (Å²) in [6.45, 7) is 1.71. The summed E-state index contributed by atoms with van der Waals surface area (Å²) in [5, 5.41) is 0. The molecule has 0 aromatic rings. The Balaban J connectivity index is 2.35. The maximum absolute atomic E-state index is 10.7. The summed E-state index contributed by atoms with van der Waals surface area (Å²) in [5.74, 6) is 0. The van der Waals surface area contributed by atoms with Crippen molar-refractivity contribution in [1.82, 2.24) is 4.90 Å². The summed E-state index contributed by atoms with van der Waals surface area (Å²) in [5.41, 5.74) is 5.12. The first-order valence-electron chi connectivity index (χ1n) is 3.85. The van der Waals surface area contributed by atoms with Crippen LogP contribution in [0, 0.1) is 0 Å².